The second-order valence-corrected chi connectivity index (χ2v) is 4.91. The molecular formula is C13H10BrF3N2O2. The average molecular weight is 363 g/mol. The Morgan fingerprint density at radius 3 is 2.71 bits per heavy atom. The summed E-state index contributed by atoms with van der Waals surface area (Å²) in [7, 11) is 0. The summed E-state index contributed by atoms with van der Waals surface area (Å²) >= 11 is 3.08. The van der Waals surface area contributed by atoms with E-state index in [9.17, 15) is 18.0 Å². The standard InChI is InChI=1S/C13H10BrF3N2O2/c1-2-21-12(20)8-6-18-19(7-8)11-4-3-9(5-10(11)14)13(15,16)17/h3-7H,2H2,1H3. The maximum atomic E-state index is 12.6. The predicted octanol–water partition coefficient (Wildman–Crippen LogP) is 3.83. The second kappa shape index (κ2) is 5.88. The van der Waals surface area contributed by atoms with Crippen LogP contribution in [0, 0.1) is 0 Å². The van der Waals surface area contributed by atoms with Gasteiger partial charge in [0.25, 0.3) is 0 Å². The van der Waals surface area contributed by atoms with E-state index in [4.69, 9.17) is 4.74 Å². The Balaban J connectivity index is 2.33. The van der Waals surface area contributed by atoms with E-state index in [0.29, 0.717) is 5.69 Å². The smallest absolute Gasteiger partial charge is 0.416 e. The molecule has 0 bridgehead atoms. The van der Waals surface area contributed by atoms with Crippen molar-refractivity contribution in [1.29, 1.82) is 0 Å². The molecule has 1 aromatic heterocycles. The van der Waals surface area contributed by atoms with E-state index in [1.165, 1.54) is 23.1 Å². The third kappa shape index (κ3) is 3.44. The maximum Gasteiger partial charge on any atom is 0.416 e. The summed E-state index contributed by atoms with van der Waals surface area (Å²) < 4.78 is 44.1. The molecule has 0 aliphatic rings. The zero-order valence-corrected chi connectivity index (χ0v) is 12.4. The summed E-state index contributed by atoms with van der Waals surface area (Å²) in [5.41, 5.74) is -0.155. The van der Waals surface area contributed by atoms with Crippen LogP contribution in [0.25, 0.3) is 5.69 Å². The fraction of sp³-hybridized carbons (Fsp3) is 0.231. The Morgan fingerprint density at radius 2 is 2.14 bits per heavy atom. The summed E-state index contributed by atoms with van der Waals surface area (Å²) in [6.07, 6.45) is -1.73. The van der Waals surface area contributed by atoms with E-state index in [1.807, 2.05) is 0 Å². The van der Waals surface area contributed by atoms with Crippen LogP contribution >= 0.6 is 15.9 Å². The van der Waals surface area contributed by atoms with Gasteiger partial charge in [-0.1, -0.05) is 0 Å². The van der Waals surface area contributed by atoms with Crippen LogP contribution in [0.1, 0.15) is 22.8 Å². The molecule has 0 saturated heterocycles. The number of aromatic nitrogens is 2. The van der Waals surface area contributed by atoms with Gasteiger partial charge in [0.1, 0.15) is 0 Å². The molecule has 0 aliphatic carbocycles. The van der Waals surface area contributed by atoms with Gasteiger partial charge in [0.2, 0.25) is 0 Å². The number of nitrogens with zero attached hydrogens (tertiary/aromatic N) is 2. The molecule has 2 rings (SSSR count). The van der Waals surface area contributed by atoms with Gasteiger partial charge in [-0.05, 0) is 41.1 Å². The molecule has 0 N–H and O–H groups in total. The minimum atomic E-state index is -4.42. The number of benzene rings is 1. The lowest BCUT2D eigenvalue weighted by atomic mass is 10.2. The van der Waals surface area contributed by atoms with Crippen LogP contribution in [0.15, 0.2) is 35.1 Å². The van der Waals surface area contributed by atoms with Crippen LogP contribution in [0.5, 0.6) is 0 Å². The van der Waals surface area contributed by atoms with Crippen molar-refractivity contribution in [2.45, 2.75) is 13.1 Å². The molecule has 8 heteroatoms. The van der Waals surface area contributed by atoms with Crippen LogP contribution < -0.4 is 0 Å². The van der Waals surface area contributed by atoms with Crippen LogP contribution in [0.3, 0.4) is 0 Å². The number of halogens is 4. The van der Waals surface area contributed by atoms with Gasteiger partial charge in [0, 0.05) is 10.7 Å². The lowest BCUT2D eigenvalue weighted by Gasteiger charge is -2.10. The first kappa shape index (κ1) is 15.6. The minimum Gasteiger partial charge on any atom is -0.462 e. The molecule has 0 spiro atoms. The van der Waals surface area contributed by atoms with Gasteiger partial charge in [-0.3, -0.25) is 0 Å². The number of hydrogen-bond donors (Lipinski definition) is 0. The van der Waals surface area contributed by atoms with Gasteiger partial charge >= 0.3 is 12.1 Å². The van der Waals surface area contributed by atoms with Crippen molar-refractivity contribution in [2.75, 3.05) is 6.61 Å². The van der Waals surface area contributed by atoms with Crippen molar-refractivity contribution in [2.24, 2.45) is 0 Å². The highest BCUT2D eigenvalue weighted by Gasteiger charge is 2.31. The Hall–Kier alpha value is -1.83. The molecule has 0 aliphatic heterocycles. The van der Waals surface area contributed by atoms with Crippen molar-refractivity contribution in [1.82, 2.24) is 9.78 Å². The van der Waals surface area contributed by atoms with Crippen molar-refractivity contribution in [3.8, 4) is 5.69 Å². The summed E-state index contributed by atoms with van der Waals surface area (Å²) in [5.74, 6) is -0.535. The lowest BCUT2D eigenvalue weighted by Crippen LogP contribution is -2.06. The second-order valence-electron chi connectivity index (χ2n) is 4.06. The van der Waals surface area contributed by atoms with Gasteiger partial charge in [-0.2, -0.15) is 18.3 Å². The molecular weight excluding hydrogens is 353 g/mol. The van der Waals surface area contributed by atoms with Crippen LogP contribution in [0.4, 0.5) is 13.2 Å². The Labute approximate surface area is 126 Å². The molecule has 0 atom stereocenters. The fourth-order valence-corrected chi connectivity index (χ4v) is 2.20. The summed E-state index contributed by atoms with van der Waals surface area (Å²) in [6.45, 7) is 1.91. The first-order chi connectivity index (χ1) is 9.82. The molecule has 1 heterocycles. The Kier molecular flexibility index (Phi) is 4.36. The topological polar surface area (TPSA) is 44.1 Å². The maximum absolute atomic E-state index is 12.6. The van der Waals surface area contributed by atoms with Gasteiger partial charge in [-0.15, -0.1) is 0 Å². The molecule has 0 saturated carbocycles. The van der Waals surface area contributed by atoms with Crippen molar-refractivity contribution < 1.29 is 22.7 Å². The molecule has 0 fully saturated rings. The molecule has 21 heavy (non-hydrogen) atoms. The van der Waals surface area contributed by atoms with Gasteiger partial charge < -0.3 is 4.74 Å². The number of esters is 1. The number of ether oxygens (including phenoxy) is 1. The molecule has 1 aromatic carbocycles. The first-order valence-corrected chi connectivity index (χ1v) is 6.71. The quantitative estimate of drug-likeness (QED) is 0.779. The number of rotatable bonds is 3. The van der Waals surface area contributed by atoms with Crippen molar-refractivity contribution in [3.05, 3.63) is 46.2 Å². The zero-order valence-electron chi connectivity index (χ0n) is 10.8. The molecule has 2 aromatic rings. The molecule has 0 unspecified atom stereocenters. The summed E-state index contributed by atoms with van der Waals surface area (Å²) in [4.78, 5) is 11.5. The minimum absolute atomic E-state index is 0.218. The monoisotopic (exact) mass is 362 g/mol. The highest BCUT2D eigenvalue weighted by molar-refractivity contribution is 9.10. The van der Waals surface area contributed by atoms with Crippen LogP contribution in [0.2, 0.25) is 0 Å². The Bertz CT molecular complexity index is 668. The van der Waals surface area contributed by atoms with E-state index in [-0.39, 0.29) is 16.6 Å². The fourth-order valence-electron chi connectivity index (χ4n) is 1.64. The van der Waals surface area contributed by atoms with E-state index < -0.39 is 17.7 Å². The highest BCUT2D eigenvalue weighted by atomic mass is 79.9. The average Bonchev–Trinajstić information content (AvgIpc) is 2.87. The van der Waals surface area contributed by atoms with E-state index in [2.05, 4.69) is 21.0 Å². The van der Waals surface area contributed by atoms with Crippen molar-refractivity contribution in [3.63, 3.8) is 0 Å². The summed E-state index contributed by atoms with van der Waals surface area (Å²) in [5, 5.41) is 3.95. The van der Waals surface area contributed by atoms with Crippen LogP contribution in [-0.2, 0) is 10.9 Å². The van der Waals surface area contributed by atoms with E-state index >= 15 is 0 Å². The molecule has 0 amide bonds. The van der Waals surface area contributed by atoms with Gasteiger partial charge in [-0.25, -0.2) is 9.48 Å². The largest absolute Gasteiger partial charge is 0.462 e. The van der Waals surface area contributed by atoms with Gasteiger partial charge in [0.05, 0.1) is 29.6 Å². The van der Waals surface area contributed by atoms with E-state index in [1.54, 1.807) is 6.92 Å². The normalized spacial score (nSPS) is 11.5. The van der Waals surface area contributed by atoms with Crippen LogP contribution in [-0.4, -0.2) is 22.4 Å². The van der Waals surface area contributed by atoms with Gasteiger partial charge in [0.15, 0.2) is 0 Å². The summed E-state index contributed by atoms with van der Waals surface area (Å²) in [6, 6.07) is 3.18. The number of carbonyl (C=O) groups is 1. The van der Waals surface area contributed by atoms with Crippen molar-refractivity contribution >= 4 is 21.9 Å². The van der Waals surface area contributed by atoms with E-state index in [0.717, 1.165) is 12.1 Å². The first-order valence-electron chi connectivity index (χ1n) is 5.92. The molecule has 112 valence electrons. The zero-order chi connectivity index (χ0) is 15.6. The Morgan fingerprint density at radius 1 is 1.43 bits per heavy atom. The highest BCUT2D eigenvalue weighted by Crippen LogP contribution is 2.33. The molecule has 4 nitrogen and oxygen atoms in total. The lowest BCUT2D eigenvalue weighted by molar-refractivity contribution is -0.137. The SMILES string of the molecule is CCOC(=O)c1cnn(-c2ccc(C(F)(F)F)cc2Br)c1. The predicted molar refractivity (Wildman–Crippen MR) is 72.2 cm³/mol. The third-order valence-corrected chi connectivity index (χ3v) is 3.25. The number of hydrogen-bond acceptors (Lipinski definition) is 3. The molecule has 0 radical (unpaired) electrons. The number of alkyl halides is 3. The number of carbonyl (C=O) groups excluding carboxylic acids is 1. The third-order valence-electron chi connectivity index (χ3n) is 2.62.